The van der Waals surface area contributed by atoms with Crippen LogP contribution >= 0.6 is 12.4 Å². The second kappa shape index (κ2) is 8.69. The van der Waals surface area contributed by atoms with Crippen LogP contribution in [-0.2, 0) is 14.6 Å². The lowest BCUT2D eigenvalue weighted by molar-refractivity contribution is -0.123. The molecule has 0 saturated heterocycles. The van der Waals surface area contributed by atoms with Crippen LogP contribution in [0.3, 0.4) is 0 Å². The molecule has 3 N–H and O–H groups in total. The van der Waals surface area contributed by atoms with E-state index in [0.717, 1.165) is 12.8 Å². The highest BCUT2D eigenvalue weighted by Crippen LogP contribution is 2.31. The molecule has 2 atom stereocenters. The van der Waals surface area contributed by atoms with Crippen LogP contribution in [0, 0.1) is 11.8 Å². The normalized spacial score (nSPS) is 16.6. The highest BCUT2D eigenvalue weighted by atomic mass is 35.5. The highest BCUT2D eigenvalue weighted by molar-refractivity contribution is 7.91. The standard InChI is InChI=1S/C16H24N2O4S.ClH/c1-11(16(19)18-9-15(17)12-3-4-12)10-23(20,21)14-7-5-13(22-2)6-8-14;/h5-8,11-12,15H,3-4,9-10,17H2,1-2H3,(H,18,19);1H. The molecule has 2 unspecified atom stereocenters. The number of carbonyl (C=O) groups is 1. The SMILES string of the molecule is COc1ccc(S(=O)(=O)CC(C)C(=O)NCC(N)C2CC2)cc1.Cl. The molecule has 1 aromatic rings. The molecule has 1 aliphatic rings. The minimum Gasteiger partial charge on any atom is -0.497 e. The lowest BCUT2D eigenvalue weighted by atomic mass is 10.1. The summed E-state index contributed by atoms with van der Waals surface area (Å²) >= 11 is 0. The van der Waals surface area contributed by atoms with Crippen LogP contribution in [-0.4, -0.2) is 39.8 Å². The number of amides is 1. The van der Waals surface area contributed by atoms with Gasteiger partial charge >= 0.3 is 0 Å². The average molecular weight is 377 g/mol. The Bertz CT molecular complexity index is 645. The Kier molecular flexibility index (Phi) is 7.51. The third-order valence-corrected chi connectivity index (χ3v) is 6.00. The van der Waals surface area contributed by atoms with Crippen molar-refractivity contribution in [2.45, 2.75) is 30.7 Å². The van der Waals surface area contributed by atoms with E-state index in [1.807, 2.05) is 0 Å². The first kappa shape index (κ1) is 20.7. The summed E-state index contributed by atoms with van der Waals surface area (Å²) in [6.45, 7) is 2.01. The fourth-order valence-corrected chi connectivity index (χ4v) is 3.92. The van der Waals surface area contributed by atoms with Gasteiger partial charge in [-0.05, 0) is 43.0 Å². The van der Waals surface area contributed by atoms with Crippen molar-refractivity contribution >= 4 is 28.2 Å². The van der Waals surface area contributed by atoms with Crippen LogP contribution in [0.25, 0.3) is 0 Å². The number of nitrogens with two attached hydrogens (primary N) is 1. The molecule has 136 valence electrons. The Morgan fingerprint density at radius 2 is 1.92 bits per heavy atom. The first-order valence-corrected chi connectivity index (χ1v) is 9.39. The van der Waals surface area contributed by atoms with Gasteiger partial charge in [-0.2, -0.15) is 0 Å². The van der Waals surface area contributed by atoms with Crippen molar-refractivity contribution in [1.82, 2.24) is 5.32 Å². The largest absolute Gasteiger partial charge is 0.497 e. The van der Waals surface area contributed by atoms with Crippen molar-refractivity contribution in [2.75, 3.05) is 19.4 Å². The van der Waals surface area contributed by atoms with Gasteiger partial charge in [0.15, 0.2) is 9.84 Å². The molecule has 24 heavy (non-hydrogen) atoms. The third kappa shape index (κ3) is 5.65. The number of rotatable bonds is 8. The molecule has 0 heterocycles. The first-order valence-electron chi connectivity index (χ1n) is 7.73. The average Bonchev–Trinajstić information content (AvgIpc) is 3.36. The smallest absolute Gasteiger partial charge is 0.223 e. The monoisotopic (exact) mass is 376 g/mol. The fraction of sp³-hybridized carbons (Fsp3) is 0.562. The molecule has 8 heteroatoms. The molecule has 0 radical (unpaired) electrons. The van der Waals surface area contributed by atoms with Gasteiger partial charge in [0.2, 0.25) is 5.91 Å². The molecule has 2 rings (SSSR count). The van der Waals surface area contributed by atoms with Gasteiger partial charge in [-0.15, -0.1) is 12.4 Å². The highest BCUT2D eigenvalue weighted by Gasteiger charge is 2.29. The van der Waals surface area contributed by atoms with E-state index in [1.165, 1.54) is 19.2 Å². The van der Waals surface area contributed by atoms with E-state index in [-0.39, 0.29) is 35.0 Å². The molecule has 1 aliphatic carbocycles. The number of ether oxygens (including phenoxy) is 1. The summed E-state index contributed by atoms with van der Waals surface area (Å²) in [5, 5.41) is 2.75. The number of benzene rings is 1. The predicted molar refractivity (Wildman–Crippen MR) is 95.2 cm³/mol. The lowest BCUT2D eigenvalue weighted by Gasteiger charge is -2.15. The van der Waals surface area contributed by atoms with E-state index in [1.54, 1.807) is 19.1 Å². The summed E-state index contributed by atoms with van der Waals surface area (Å²) < 4.78 is 29.7. The van der Waals surface area contributed by atoms with Gasteiger partial charge in [-0.1, -0.05) is 6.92 Å². The third-order valence-electron chi connectivity index (χ3n) is 4.08. The molecule has 0 spiro atoms. The molecule has 6 nitrogen and oxygen atoms in total. The maximum absolute atomic E-state index is 12.4. The van der Waals surface area contributed by atoms with Gasteiger partial charge in [0, 0.05) is 18.5 Å². The summed E-state index contributed by atoms with van der Waals surface area (Å²) in [5.74, 6) is -0.0618. The maximum atomic E-state index is 12.4. The zero-order chi connectivity index (χ0) is 17.0. The number of halogens is 1. The van der Waals surface area contributed by atoms with Gasteiger partial charge in [-0.3, -0.25) is 4.79 Å². The van der Waals surface area contributed by atoms with Crippen molar-refractivity contribution in [2.24, 2.45) is 17.6 Å². The zero-order valence-electron chi connectivity index (χ0n) is 13.9. The summed E-state index contributed by atoms with van der Waals surface area (Å²) in [6.07, 6.45) is 2.22. The zero-order valence-corrected chi connectivity index (χ0v) is 15.5. The van der Waals surface area contributed by atoms with E-state index >= 15 is 0 Å². The van der Waals surface area contributed by atoms with Crippen molar-refractivity contribution < 1.29 is 17.9 Å². The molecule has 0 aliphatic heterocycles. The Balaban J connectivity index is 0.00000288. The van der Waals surface area contributed by atoms with E-state index in [2.05, 4.69) is 5.32 Å². The van der Waals surface area contributed by atoms with Crippen LogP contribution in [0.5, 0.6) is 5.75 Å². The second-order valence-electron chi connectivity index (χ2n) is 6.10. The molecule has 1 saturated carbocycles. The molecule has 1 aromatic carbocycles. The van der Waals surface area contributed by atoms with Crippen molar-refractivity contribution in [3.05, 3.63) is 24.3 Å². The van der Waals surface area contributed by atoms with Crippen LogP contribution in [0.1, 0.15) is 19.8 Å². The minimum absolute atomic E-state index is 0. The van der Waals surface area contributed by atoms with Gasteiger partial charge in [0.1, 0.15) is 5.75 Å². The summed E-state index contributed by atoms with van der Waals surface area (Å²) in [7, 11) is -2.00. The number of carbonyl (C=O) groups excluding carboxylic acids is 1. The lowest BCUT2D eigenvalue weighted by Crippen LogP contribution is -2.41. The van der Waals surface area contributed by atoms with Gasteiger partial charge in [-0.25, -0.2) is 8.42 Å². The Hall–Kier alpha value is -1.31. The van der Waals surface area contributed by atoms with E-state index in [0.29, 0.717) is 18.2 Å². The quantitative estimate of drug-likeness (QED) is 0.714. The van der Waals surface area contributed by atoms with Crippen LogP contribution in [0.15, 0.2) is 29.2 Å². The molecule has 0 bridgehead atoms. The molecular formula is C16H25ClN2O4S. The van der Waals surface area contributed by atoms with Crippen LogP contribution in [0.2, 0.25) is 0 Å². The Labute approximate surface area is 149 Å². The fourth-order valence-electron chi connectivity index (χ4n) is 2.37. The Morgan fingerprint density at radius 1 is 1.33 bits per heavy atom. The van der Waals surface area contributed by atoms with Crippen molar-refractivity contribution in [3.8, 4) is 5.75 Å². The van der Waals surface area contributed by atoms with Gasteiger partial charge in [0.05, 0.1) is 17.8 Å². The number of hydrogen-bond acceptors (Lipinski definition) is 5. The molecular weight excluding hydrogens is 352 g/mol. The summed E-state index contributed by atoms with van der Waals surface area (Å²) in [4.78, 5) is 12.2. The van der Waals surface area contributed by atoms with Gasteiger partial charge in [0.25, 0.3) is 0 Å². The number of hydrogen-bond donors (Lipinski definition) is 2. The maximum Gasteiger partial charge on any atom is 0.223 e. The number of methoxy groups -OCH3 is 1. The van der Waals surface area contributed by atoms with E-state index < -0.39 is 15.8 Å². The van der Waals surface area contributed by atoms with E-state index in [4.69, 9.17) is 10.5 Å². The van der Waals surface area contributed by atoms with Crippen LogP contribution in [0.4, 0.5) is 0 Å². The number of nitrogens with one attached hydrogen (secondary N) is 1. The first-order chi connectivity index (χ1) is 10.8. The van der Waals surface area contributed by atoms with Crippen molar-refractivity contribution in [3.63, 3.8) is 0 Å². The number of sulfone groups is 1. The molecule has 1 fully saturated rings. The van der Waals surface area contributed by atoms with Gasteiger partial charge < -0.3 is 15.8 Å². The minimum atomic E-state index is -3.52. The Morgan fingerprint density at radius 3 is 2.42 bits per heavy atom. The summed E-state index contributed by atoms with van der Waals surface area (Å²) in [6, 6.07) is 6.12. The second-order valence-corrected chi connectivity index (χ2v) is 8.14. The topological polar surface area (TPSA) is 98.5 Å². The predicted octanol–water partition coefficient (Wildman–Crippen LogP) is 1.38. The molecule has 0 aromatic heterocycles. The molecule has 1 amide bonds. The van der Waals surface area contributed by atoms with E-state index in [9.17, 15) is 13.2 Å². The van der Waals surface area contributed by atoms with Crippen molar-refractivity contribution in [1.29, 1.82) is 0 Å². The van der Waals surface area contributed by atoms with Crippen LogP contribution < -0.4 is 15.8 Å². The summed E-state index contributed by atoms with van der Waals surface area (Å²) in [5.41, 5.74) is 5.93.